The minimum absolute atomic E-state index is 0.0813. The van der Waals surface area contributed by atoms with E-state index in [4.69, 9.17) is 4.74 Å². The van der Waals surface area contributed by atoms with E-state index in [1.54, 1.807) is 24.3 Å². The van der Waals surface area contributed by atoms with Gasteiger partial charge < -0.3 is 20.7 Å². The van der Waals surface area contributed by atoms with E-state index in [1.807, 2.05) is 31.2 Å². The summed E-state index contributed by atoms with van der Waals surface area (Å²) < 4.78 is 5.78. The number of carbonyl (C=O) groups is 2. The largest absolute Gasteiger partial charge is 0.491 e. The van der Waals surface area contributed by atoms with Gasteiger partial charge in [-0.1, -0.05) is 26.3 Å². The van der Waals surface area contributed by atoms with E-state index in [-0.39, 0.29) is 24.5 Å². The molecule has 0 radical (unpaired) electrons. The van der Waals surface area contributed by atoms with Crippen molar-refractivity contribution in [3.05, 3.63) is 54.1 Å². The van der Waals surface area contributed by atoms with Gasteiger partial charge in [-0.05, 0) is 56.2 Å². The Morgan fingerprint density at radius 2 is 1.79 bits per heavy atom. The number of carbonyl (C=O) groups excluding carboxylic acids is 2. The van der Waals surface area contributed by atoms with Crippen LogP contribution < -0.4 is 20.7 Å². The third-order valence-electron chi connectivity index (χ3n) is 4.45. The SMILES string of the molecule is CCCCNC(=O)c1ccc(NCC(=O)Nc2cccc(OC(C)CC)c2)cc1. The van der Waals surface area contributed by atoms with Gasteiger partial charge in [0.1, 0.15) is 5.75 Å². The lowest BCUT2D eigenvalue weighted by Crippen LogP contribution is -2.24. The summed E-state index contributed by atoms with van der Waals surface area (Å²) in [7, 11) is 0. The molecule has 0 fully saturated rings. The van der Waals surface area contributed by atoms with Crippen LogP contribution in [0.4, 0.5) is 11.4 Å². The van der Waals surface area contributed by atoms with Crippen LogP contribution in [-0.4, -0.2) is 31.0 Å². The number of nitrogens with one attached hydrogen (secondary N) is 3. The number of amides is 2. The lowest BCUT2D eigenvalue weighted by Gasteiger charge is -2.14. The van der Waals surface area contributed by atoms with E-state index in [2.05, 4.69) is 29.8 Å². The van der Waals surface area contributed by atoms with Crippen molar-refractivity contribution in [2.45, 2.75) is 46.1 Å². The molecule has 2 amide bonds. The van der Waals surface area contributed by atoms with Gasteiger partial charge in [0.15, 0.2) is 0 Å². The van der Waals surface area contributed by atoms with Gasteiger partial charge in [-0.15, -0.1) is 0 Å². The summed E-state index contributed by atoms with van der Waals surface area (Å²) in [6.45, 7) is 6.96. The predicted octanol–water partition coefficient (Wildman–Crippen LogP) is 4.44. The fourth-order valence-corrected chi connectivity index (χ4v) is 2.57. The normalized spacial score (nSPS) is 11.4. The number of hydrogen-bond donors (Lipinski definition) is 3. The molecule has 1 unspecified atom stereocenters. The fourth-order valence-electron chi connectivity index (χ4n) is 2.57. The van der Waals surface area contributed by atoms with Crippen LogP contribution in [0, 0.1) is 0 Å². The zero-order valence-corrected chi connectivity index (χ0v) is 17.5. The van der Waals surface area contributed by atoms with Crippen molar-refractivity contribution in [2.24, 2.45) is 0 Å². The Kier molecular flexibility index (Phi) is 9.02. The maximum absolute atomic E-state index is 12.2. The maximum atomic E-state index is 12.2. The summed E-state index contributed by atoms with van der Waals surface area (Å²) in [6.07, 6.45) is 3.05. The van der Waals surface area contributed by atoms with Gasteiger partial charge in [0.2, 0.25) is 5.91 Å². The molecule has 6 heteroatoms. The molecule has 2 rings (SSSR count). The molecule has 2 aromatic rings. The van der Waals surface area contributed by atoms with Gasteiger partial charge in [-0.3, -0.25) is 9.59 Å². The van der Waals surface area contributed by atoms with Crippen molar-refractivity contribution < 1.29 is 14.3 Å². The molecule has 0 spiro atoms. The Bertz CT molecular complexity index is 790. The molecule has 3 N–H and O–H groups in total. The number of unbranched alkanes of at least 4 members (excludes halogenated alkanes) is 1. The molecular weight excluding hydrogens is 366 g/mol. The average molecular weight is 398 g/mol. The molecule has 0 saturated heterocycles. The molecule has 0 saturated carbocycles. The van der Waals surface area contributed by atoms with Gasteiger partial charge in [0, 0.05) is 29.5 Å². The summed E-state index contributed by atoms with van der Waals surface area (Å²) in [5, 5.41) is 8.80. The van der Waals surface area contributed by atoms with Gasteiger partial charge in [0.05, 0.1) is 12.6 Å². The van der Waals surface area contributed by atoms with Crippen LogP contribution >= 0.6 is 0 Å². The van der Waals surface area contributed by atoms with Crippen molar-refractivity contribution in [3.63, 3.8) is 0 Å². The first-order valence-electron chi connectivity index (χ1n) is 10.2. The first-order valence-corrected chi connectivity index (χ1v) is 10.2. The molecule has 1 atom stereocenters. The van der Waals surface area contributed by atoms with Crippen LogP contribution in [0.25, 0.3) is 0 Å². The number of benzene rings is 2. The monoisotopic (exact) mass is 397 g/mol. The van der Waals surface area contributed by atoms with E-state index < -0.39 is 0 Å². The second-order valence-electron chi connectivity index (χ2n) is 6.95. The summed E-state index contributed by atoms with van der Waals surface area (Å²) in [6, 6.07) is 14.5. The molecule has 0 aliphatic heterocycles. The molecule has 29 heavy (non-hydrogen) atoms. The lowest BCUT2D eigenvalue weighted by atomic mass is 10.2. The first-order chi connectivity index (χ1) is 14.0. The summed E-state index contributed by atoms with van der Waals surface area (Å²) in [5.74, 6) is 0.493. The van der Waals surface area contributed by atoms with Crippen LogP contribution in [-0.2, 0) is 4.79 Å². The van der Waals surface area contributed by atoms with Crippen molar-refractivity contribution >= 4 is 23.2 Å². The Hall–Kier alpha value is -3.02. The third-order valence-corrected chi connectivity index (χ3v) is 4.45. The number of hydrogen-bond acceptors (Lipinski definition) is 4. The molecule has 6 nitrogen and oxygen atoms in total. The Labute approximate surface area is 173 Å². The molecule has 156 valence electrons. The molecule has 0 heterocycles. The molecule has 0 aromatic heterocycles. The highest BCUT2D eigenvalue weighted by atomic mass is 16.5. The van der Waals surface area contributed by atoms with Crippen molar-refractivity contribution in [1.82, 2.24) is 5.32 Å². The average Bonchev–Trinajstić information content (AvgIpc) is 2.73. The standard InChI is InChI=1S/C23H31N3O3/c1-4-6-14-24-23(28)18-10-12-19(13-11-18)25-16-22(27)26-20-8-7-9-21(15-20)29-17(3)5-2/h7-13,15,17,25H,4-6,14,16H2,1-3H3,(H,24,28)(H,26,27). The number of ether oxygens (including phenoxy) is 1. The maximum Gasteiger partial charge on any atom is 0.251 e. The highest BCUT2D eigenvalue weighted by Gasteiger charge is 2.07. The van der Waals surface area contributed by atoms with Crippen molar-refractivity contribution in [3.8, 4) is 5.75 Å². The Morgan fingerprint density at radius 1 is 1.03 bits per heavy atom. The molecule has 0 aliphatic rings. The summed E-state index contributed by atoms with van der Waals surface area (Å²) in [5.41, 5.74) is 2.07. The van der Waals surface area contributed by atoms with E-state index >= 15 is 0 Å². The highest BCUT2D eigenvalue weighted by Crippen LogP contribution is 2.19. The second kappa shape index (κ2) is 11.7. The first kappa shape index (κ1) is 22.3. The van der Waals surface area contributed by atoms with E-state index in [9.17, 15) is 9.59 Å². The van der Waals surface area contributed by atoms with Gasteiger partial charge in [0.25, 0.3) is 5.91 Å². The van der Waals surface area contributed by atoms with Gasteiger partial charge in [-0.2, -0.15) is 0 Å². The van der Waals surface area contributed by atoms with Crippen LogP contribution in [0.2, 0.25) is 0 Å². The van der Waals surface area contributed by atoms with E-state index in [0.717, 1.165) is 30.7 Å². The Morgan fingerprint density at radius 3 is 2.48 bits per heavy atom. The summed E-state index contributed by atoms with van der Waals surface area (Å²) >= 11 is 0. The molecule has 2 aromatic carbocycles. The minimum atomic E-state index is -0.160. The van der Waals surface area contributed by atoms with Gasteiger partial charge in [-0.25, -0.2) is 0 Å². The highest BCUT2D eigenvalue weighted by molar-refractivity contribution is 5.95. The number of anilines is 2. The van der Waals surface area contributed by atoms with Crippen LogP contribution in [0.15, 0.2) is 48.5 Å². The molecule has 0 aliphatic carbocycles. The van der Waals surface area contributed by atoms with E-state index in [0.29, 0.717) is 17.8 Å². The zero-order valence-electron chi connectivity index (χ0n) is 17.5. The third kappa shape index (κ3) is 7.86. The predicted molar refractivity (Wildman–Crippen MR) is 118 cm³/mol. The molecule has 0 bridgehead atoms. The Balaban J connectivity index is 1.82. The topological polar surface area (TPSA) is 79.5 Å². The second-order valence-corrected chi connectivity index (χ2v) is 6.95. The zero-order chi connectivity index (χ0) is 21.1. The van der Waals surface area contributed by atoms with Crippen LogP contribution in [0.5, 0.6) is 5.75 Å². The fraction of sp³-hybridized carbons (Fsp3) is 0.391. The quantitative estimate of drug-likeness (QED) is 0.490. The van der Waals surface area contributed by atoms with Crippen molar-refractivity contribution in [1.29, 1.82) is 0 Å². The summed E-state index contributed by atoms with van der Waals surface area (Å²) in [4.78, 5) is 24.2. The van der Waals surface area contributed by atoms with Gasteiger partial charge >= 0.3 is 0 Å². The lowest BCUT2D eigenvalue weighted by molar-refractivity contribution is -0.114. The van der Waals surface area contributed by atoms with Crippen LogP contribution in [0.3, 0.4) is 0 Å². The molecular formula is C23H31N3O3. The number of rotatable bonds is 11. The minimum Gasteiger partial charge on any atom is -0.491 e. The van der Waals surface area contributed by atoms with E-state index in [1.165, 1.54) is 0 Å². The van der Waals surface area contributed by atoms with Crippen molar-refractivity contribution in [2.75, 3.05) is 23.7 Å². The smallest absolute Gasteiger partial charge is 0.251 e. The van der Waals surface area contributed by atoms with Crippen LogP contribution in [0.1, 0.15) is 50.4 Å².